The molecule has 2 aromatic rings. The zero-order chi connectivity index (χ0) is 13.0. The summed E-state index contributed by atoms with van der Waals surface area (Å²) in [5.41, 5.74) is 7.14. The molecule has 0 saturated carbocycles. The maximum Gasteiger partial charge on any atom is 0.398 e. The first kappa shape index (κ1) is 13.0. The summed E-state index contributed by atoms with van der Waals surface area (Å²) in [5, 5.41) is 14.1. The molecular weight excluding hydrogens is 251 g/mol. The molecule has 2 heterocycles. The number of hydrogen-bond acceptors (Lipinski definition) is 7. The van der Waals surface area contributed by atoms with Crippen molar-refractivity contribution in [2.45, 2.75) is 13.4 Å². The number of nitrogen functional groups attached to an aromatic ring is 1. The molecular formula is C10H13BN4O2S. The van der Waals surface area contributed by atoms with E-state index < -0.39 is 7.05 Å². The van der Waals surface area contributed by atoms with Crippen LogP contribution >= 0.6 is 11.3 Å². The molecule has 0 aliphatic carbocycles. The van der Waals surface area contributed by atoms with E-state index in [1.807, 2.05) is 17.5 Å². The molecule has 0 atom stereocenters. The Labute approximate surface area is 109 Å². The van der Waals surface area contributed by atoms with Crippen LogP contribution in [0.3, 0.4) is 0 Å². The van der Waals surface area contributed by atoms with Gasteiger partial charge in [-0.1, -0.05) is 6.07 Å². The van der Waals surface area contributed by atoms with Crippen molar-refractivity contribution in [1.82, 2.24) is 15.4 Å². The summed E-state index contributed by atoms with van der Waals surface area (Å²) in [7, 11) is -0.710. The summed E-state index contributed by atoms with van der Waals surface area (Å²) in [4.78, 5) is 13.6. The highest BCUT2D eigenvalue weighted by molar-refractivity contribution is 7.13. The van der Waals surface area contributed by atoms with Crippen LogP contribution in [0.1, 0.15) is 5.69 Å². The van der Waals surface area contributed by atoms with E-state index in [4.69, 9.17) is 15.6 Å². The Morgan fingerprint density at radius 1 is 1.50 bits per heavy atom. The number of aromatic nitrogens is 2. The molecule has 8 heteroatoms. The maximum absolute atomic E-state index is 8.97. The minimum Gasteiger partial charge on any atom is -0.436 e. The molecule has 0 fully saturated rings. The minimum absolute atomic E-state index is 0.281. The molecule has 18 heavy (non-hydrogen) atoms. The highest BCUT2D eigenvalue weighted by Crippen LogP contribution is 2.22. The third kappa shape index (κ3) is 3.51. The lowest BCUT2D eigenvalue weighted by molar-refractivity contribution is 0.0657. The van der Waals surface area contributed by atoms with Crippen molar-refractivity contribution in [1.29, 1.82) is 0 Å². The van der Waals surface area contributed by atoms with Gasteiger partial charge in [0, 0.05) is 5.38 Å². The number of pyridine rings is 1. The molecule has 0 aliphatic rings. The van der Waals surface area contributed by atoms with Gasteiger partial charge in [0.2, 0.25) is 0 Å². The topological polar surface area (TPSA) is 93.3 Å². The van der Waals surface area contributed by atoms with Crippen LogP contribution < -0.4 is 11.1 Å². The van der Waals surface area contributed by atoms with Crippen molar-refractivity contribution >= 4 is 24.2 Å². The van der Waals surface area contributed by atoms with Crippen LogP contribution in [0.5, 0.6) is 0 Å². The van der Waals surface area contributed by atoms with E-state index in [0.29, 0.717) is 5.82 Å². The van der Waals surface area contributed by atoms with Gasteiger partial charge in [0.25, 0.3) is 0 Å². The van der Waals surface area contributed by atoms with Crippen molar-refractivity contribution in [3.05, 3.63) is 29.3 Å². The number of thiazole rings is 1. The van der Waals surface area contributed by atoms with Crippen LogP contribution in [0, 0.1) is 0 Å². The lowest BCUT2D eigenvalue weighted by Crippen LogP contribution is -2.30. The molecule has 0 amide bonds. The van der Waals surface area contributed by atoms with Gasteiger partial charge in [-0.3, -0.25) is 0 Å². The van der Waals surface area contributed by atoms with Crippen molar-refractivity contribution in [2.24, 2.45) is 0 Å². The second kappa shape index (κ2) is 5.92. The average Bonchev–Trinajstić information content (AvgIpc) is 2.77. The molecule has 94 valence electrons. The van der Waals surface area contributed by atoms with Crippen LogP contribution in [0.15, 0.2) is 23.6 Å². The standard InChI is InChI=1S/C10H13BN4O2S/c1-11(16)15-17-5-7-6-18-10(13-7)8-3-2-4-9(12)14-8/h2-4,6,15-16H,5H2,1H3,(H2,12,14). The molecule has 6 nitrogen and oxygen atoms in total. The fraction of sp³-hybridized carbons (Fsp3) is 0.200. The van der Waals surface area contributed by atoms with E-state index in [1.54, 1.807) is 12.9 Å². The lowest BCUT2D eigenvalue weighted by atomic mass is 9.92. The number of nitrogens with one attached hydrogen (secondary N) is 1. The smallest absolute Gasteiger partial charge is 0.398 e. The highest BCUT2D eigenvalue weighted by Gasteiger charge is 2.07. The van der Waals surface area contributed by atoms with Gasteiger partial charge >= 0.3 is 7.05 Å². The summed E-state index contributed by atoms with van der Waals surface area (Å²) < 4.78 is 0. The van der Waals surface area contributed by atoms with Gasteiger partial charge in [-0.15, -0.1) is 11.3 Å². The Bertz CT molecular complexity index is 520. The monoisotopic (exact) mass is 264 g/mol. The summed E-state index contributed by atoms with van der Waals surface area (Å²) >= 11 is 1.47. The van der Waals surface area contributed by atoms with Crippen LogP contribution in [-0.2, 0) is 11.4 Å². The molecule has 0 saturated heterocycles. The van der Waals surface area contributed by atoms with Gasteiger partial charge in [0.1, 0.15) is 23.1 Å². The maximum atomic E-state index is 8.97. The van der Waals surface area contributed by atoms with Gasteiger partial charge in [-0.25, -0.2) is 15.4 Å². The quantitative estimate of drug-likeness (QED) is 0.549. The zero-order valence-electron chi connectivity index (χ0n) is 9.83. The third-order valence-corrected chi connectivity index (χ3v) is 2.93. The van der Waals surface area contributed by atoms with Gasteiger partial charge in [-0.05, 0) is 19.0 Å². The van der Waals surface area contributed by atoms with Gasteiger partial charge in [-0.2, -0.15) is 0 Å². The van der Waals surface area contributed by atoms with E-state index in [-0.39, 0.29) is 6.61 Å². The molecule has 0 radical (unpaired) electrons. The van der Waals surface area contributed by atoms with Crippen molar-refractivity contribution < 1.29 is 9.86 Å². The van der Waals surface area contributed by atoms with Gasteiger partial charge in [0.15, 0.2) is 0 Å². The minimum atomic E-state index is -0.710. The number of rotatable bonds is 5. The average molecular weight is 264 g/mol. The summed E-state index contributed by atoms with van der Waals surface area (Å²) in [6, 6.07) is 5.42. The highest BCUT2D eigenvalue weighted by atomic mass is 32.1. The molecule has 0 unspecified atom stereocenters. The van der Waals surface area contributed by atoms with Gasteiger partial charge in [0.05, 0.1) is 5.69 Å². The normalized spacial score (nSPS) is 10.6. The molecule has 0 spiro atoms. The van der Waals surface area contributed by atoms with Crippen LogP contribution in [0.2, 0.25) is 6.82 Å². The Morgan fingerprint density at radius 3 is 3.06 bits per heavy atom. The van der Waals surface area contributed by atoms with Crippen LogP contribution in [0.25, 0.3) is 10.7 Å². The van der Waals surface area contributed by atoms with E-state index in [0.717, 1.165) is 16.4 Å². The summed E-state index contributed by atoms with van der Waals surface area (Å²) in [6.07, 6.45) is 0. The second-order valence-electron chi connectivity index (χ2n) is 3.67. The Kier molecular flexibility index (Phi) is 4.26. The van der Waals surface area contributed by atoms with Crippen LogP contribution in [-0.4, -0.2) is 22.0 Å². The first-order valence-electron chi connectivity index (χ1n) is 5.38. The fourth-order valence-electron chi connectivity index (χ4n) is 1.30. The van der Waals surface area contributed by atoms with Crippen LogP contribution in [0.4, 0.5) is 5.82 Å². The molecule has 2 aromatic heterocycles. The Hall–Kier alpha value is -1.48. The Morgan fingerprint density at radius 2 is 2.33 bits per heavy atom. The lowest BCUT2D eigenvalue weighted by Gasteiger charge is -2.02. The van der Waals surface area contributed by atoms with E-state index >= 15 is 0 Å². The SMILES string of the molecule is CB(O)NOCc1csc(-c2cccc(N)n2)n1. The molecule has 4 N–H and O–H groups in total. The molecule has 0 bridgehead atoms. The molecule has 0 aromatic carbocycles. The Balaban J connectivity index is 2.02. The number of nitrogens with two attached hydrogens (primary N) is 1. The van der Waals surface area contributed by atoms with Crippen molar-refractivity contribution in [3.63, 3.8) is 0 Å². The van der Waals surface area contributed by atoms with E-state index in [9.17, 15) is 0 Å². The first-order chi connectivity index (χ1) is 8.65. The largest absolute Gasteiger partial charge is 0.436 e. The number of nitrogens with zero attached hydrogens (tertiary/aromatic N) is 2. The predicted octanol–water partition coefficient (Wildman–Crippen LogP) is 0.919. The predicted molar refractivity (Wildman–Crippen MR) is 71.5 cm³/mol. The van der Waals surface area contributed by atoms with E-state index in [1.165, 1.54) is 11.3 Å². The van der Waals surface area contributed by atoms with Gasteiger partial charge < -0.3 is 15.6 Å². The second-order valence-corrected chi connectivity index (χ2v) is 4.53. The summed E-state index contributed by atoms with van der Waals surface area (Å²) in [5.74, 6) is 0.469. The molecule has 2 rings (SSSR count). The first-order valence-corrected chi connectivity index (χ1v) is 6.26. The number of anilines is 1. The fourth-order valence-corrected chi connectivity index (χ4v) is 2.07. The summed E-state index contributed by atoms with van der Waals surface area (Å²) in [6.45, 7) is 1.85. The molecule has 0 aliphatic heterocycles. The zero-order valence-corrected chi connectivity index (χ0v) is 10.6. The third-order valence-electron chi connectivity index (χ3n) is 2.02. The van der Waals surface area contributed by atoms with Crippen molar-refractivity contribution in [2.75, 3.05) is 5.73 Å². The van der Waals surface area contributed by atoms with Crippen molar-refractivity contribution in [3.8, 4) is 10.7 Å². The number of hydrogen-bond donors (Lipinski definition) is 3. The van der Waals surface area contributed by atoms with E-state index in [2.05, 4.69) is 15.4 Å².